The first-order valence-corrected chi connectivity index (χ1v) is 4.99. The lowest BCUT2D eigenvalue weighted by atomic mass is 10.3. The second-order valence-electron chi connectivity index (χ2n) is 3.23. The highest BCUT2D eigenvalue weighted by molar-refractivity contribution is 6.30. The monoisotopic (exact) mass is 222 g/mol. The van der Waals surface area contributed by atoms with Crippen molar-refractivity contribution in [3.63, 3.8) is 0 Å². The Kier molecular flexibility index (Phi) is 2.92. The zero-order valence-corrected chi connectivity index (χ0v) is 9.11. The van der Waals surface area contributed by atoms with Gasteiger partial charge in [-0.05, 0) is 24.3 Å². The Labute approximate surface area is 93.2 Å². The standard InChI is InChI=1S/C11H11ClN2O/c1-14-6-5-10(13-14)8-15-11-4-2-3-9(12)7-11/h2-7H,8H2,1H3. The molecule has 1 heterocycles. The van der Waals surface area contributed by atoms with E-state index >= 15 is 0 Å². The van der Waals surface area contributed by atoms with E-state index in [2.05, 4.69) is 5.10 Å². The minimum Gasteiger partial charge on any atom is -0.487 e. The number of hydrogen-bond donors (Lipinski definition) is 0. The van der Waals surface area contributed by atoms with Crippen LogP contribution in [0.3, 0.4) is 0 Å². The lowest BCUT2D eigenvalue weighted by Gasteiger charge is -2.03. The van der Waals surface area contributed by atoms with Gasteiger partial charge in [0.25, 0.3) is 0 Å². The zero-order chi connectivity index (χ0) is 10.7. The zero-order valence-electron chi connectivity index (χ0n) is 8.35. The molecule has 4 heteroatoms. The van der Waals surface area contributed by atoms with E-state index in [-0.39, 0.29) is 0 Å². The highest BCUT2D eigenvalue weighted by Gasteiger charge is 1.99. The molecule has 0 aliphatic rings. The van der Waals surface area contributed by atoms with Gasteiger partial charge < -0.3 is 4.74 Å². The maximum Gasteiger partial charge on any atom is 0.132 e. The molecule has 0 unspecified atom stereocenters. The molecule has 0 saturated heterocycles. The SMILES string of the molecule is Cn1ccc(COc2cccc(Cl)c2)n1. The van der Waals surface area contributed by atoms with E-state index in [1.165, 1.54) is 0 Å². The van der Waals surface area contributed by atoms with Crippen molar-refractivity contribution in [3.8, 4) is 5.75 Å². The van der Waals surface area contributed by atoms with Crippen LogP contribution in [0.1, 0.15) is 5.69 Å². The minimum absolute atomic E-state index is 0.460. The molecule has 0 saturated carbocycles. The fourth-order valence-corrected chi connectivity index (χ4v) is 1.43. The van der Waals surface area contributed by atoms with Gasteiger partial charge >= 0.3 is 0 Å². The first-order valence-electron chi connectivity index (χ1n) is 4.61. The average Bonchev–Trinajstić information content (AvgIpc) is 2.62. The molecule has 0 N–H and O–H groups in total. The summed E-state index contributed by atoms with van der Waals surface area (Å²) in [5.74, 6) is 0.758. The van der Waals surface area contributed by atoms with Crippen molar-refractivity contribution in [2.45, 2.75) is 6.61 Å². The largest absolute Gasteiger partial charge is 0.487 e. The quantitative estimate of drug-likeness (QED) is 0.799. The Balaban J connectivity index is 1.99. The molecule has 0 aliphatic carbocycles. The first-order chi connectivity index (χ1) is 7.24. The van der Waals surface area contributed by atoms with Crippen LogP contribution >= 0.6 is 11.6 Å². The lowest BCUT2D eigenvalue weighted by Crippen LogP contribution is -1.97. The maximum absolute atomic E-state index is 5.83. The van der Waals surface area contributed by atoms with Gasteiger partial charge in [0, 0.05) is 18.3 Å². The van der Waals surface area contributed by atoms with Gasteiger partial charge in [-0.25, -0.2) is 0 Å². The van der Waals surface area contributed by atoms with Crippen molar-refractivity contribution < 1.29 is 4.74 Å². The van der Waals surface area contributed by atoms with Gasteiger partial charge in [0.2, 0.25) is 0 Å². The molecule has 0 atom stereocenters. The molecule has 0 bridgehead atoms. The molecule has 78 valence electrons. The van der Waals surface area contributed by atoms with Crippen molar-refractivity contribution in [2.75, 3.05) is 0 Å². The number of benzene rings is 1. The summed E-state index contributed by atoms with van der Waals surface area (Å²) in [6, 6.07) is 9.25. The molecule has 15 heavy (non-hydrogen) atoms. The van der Waals surface area contributed by atoms with E-state index in [1.54, 1.807) is 10.7 Å². The smallest absolute Gasteiger partial charge is 0.132 e. The molecule has 2 aromatic rings. The van der Waals surface area contributed by atoms with Crippen LogP contribution in [-0.4, -0.2) is 9.78 Å². The molecule has 0 spiro atoms. The van der Waals surface area contributed by atoms with Crippen molar-refractivity contribution >= 4 is 11.6 Å². The molecule has 3 nitrogen and oxygen atoms in total. The average molecular weight is 223 g/mol. The Morgan fingerprint density at radius 3 is 2.93 bits per heavy atom. The van der Waals surface area contributed by atoms with Crippen molar-refractivity contribution in [1.29, 1.82) is 0 Å². The summed E-state index contributed by atoms with van der Waals surface area (Å²) in [4.78, 5) is 0. The van der Waals surface area contributed by atoms with Crippen molar-refractivity contribution in [3.05, 3.63) is 47.2 Å². The Bertz CT molecular complexity index is 453. The fourth-order valence-electron chi connectivity index (χ4n) is 1.25. The molecular formula is C11H11ClN2O. The molecule has 0 fully saturated rings. The van der Waals surface area contributed by atoms with Crippen LogP contribution in [-0.2, 0) is 13.7 Å². The number of nitrogens with zero attached hydrogens (tertiary/aromatic N) is 2. The molecule has 1 aromatic heterocycles. The van der Waals surface area contributed by atoms with E-state index in [0.717, 1.165) is 11.4 Å². The summed E-state index contributed by atoms with van der Waals surface area (Å²) < 4.78 is 7.27. The molecule has 2 rings (SSSR count). The lowest BCUT2D eigenvalue weighted by molar-refractivity contribution is 0.300. The molecular weight excluding hydrogens is 212 g/mol. The van der Waals surface area contributed by atoms with Gasteiger partial charge in [-0.15, -0.1) is 0 Å². The Morgan fingerprint density at radius 1 is 1.40 bits per heavy atom. The number of aryl methyl sites for hydroxylation is 1. The van der Waals surface area contributed by atoms with E-state index in [9.17, 15) is 0 Å². The summed E-state index contributed by atoms with van der Waals surface area (Å²) in [5.41, 5.74) is 0.900. The van der Waals surface area contributed by atoms with E-state index < -0.39 is 0 Å². The summed E-state index contributed by atoms with van der Waals surface area (Å²) in [6.45, 7) is 0.460. The summed E-state index contributed by atoms with van der Waals surface area (Å²) in [6.07, 6.45) is 1.89. The minimum atomic E-state index is 0.460. The van der Waals surface area contributed by atoms with Crippen LogP contribution in [0.2, 0.25) is 5.02 Å². The van der Waals surface area contributed by atoms with Crippen LogP contribution in [0.4, 0.5) is 0 Å². The van der Waals surface area contributed by atoms with Gasteiger partial charge in [-0.2, -0.15) is 5.10 Å². The van der Waals surface area contributed by atoms with Gasteiger partial charge in [-0.3, -0.25) is 4.68 Å². The number of rotatable bonds is 3. The predicted molar refractivity (Wildman–Crippen MR) is 59.0 cm³/mol. The van der Waals surface area contributed by atoms with Crippen LogP contribution in [0.25, 0.3) is 0 Å². The normalized spacial score (nSPS) is 10.3. The third-order valence-electron chi connectivity index (χ3n) is 1.95. The van der Waals surface area contributed by atoms with Crippen LogP contribution in [0.15, 0.2) is 36.5 Å². The number of ether oxygens (including phenoxy) is 1. The summed E-state index contributed by atoms with van der Waals surface area (Å²) >= 11 is 5.83. The molecule has 0 aliphatic heterocycles. The highest BCUT2D eigenvalue weighted by Crippen LogP contribution is 2.17. The van der Waals surface area contributed by atoms with Crippen LogP contribution in [0, 0.1) is 0 Å². The number of hydrogen-bond acceptors (Lipinski definition) is 2. The van der Waals surface area contributed by atoms with E-state index in [0.29, 0.717) is 11.6 Å². The van der Waals surface area contributed by atoms with Gasteiger partial charge in [0.05, 0.1) is 5.69 Å². The summed E-state index contributed by atoms with van der Waals surface area (Å²) in [5, 5.41) is 4.88. The molecule has 1 aromatic carbocycles. The topological polar surface area (TPSA) is 27.1 Å². The predicted octanol–water partition coefficient (Wildman–Crippen LogP) is 2.65. The van der Waals surface area contributed by atoms with Crippen LogP contribution < -0.4 is 4.74 Å². The van der Waals surface area contributed by atoms with Crippen molar-refractivity contribution in [1.82, 2.24) is 9.78 Å². The Morgan fingerprint density at radius 2 is 2.27 bits per heavy atom. The number of halogens is 1. The fraction of sp³-hybridized carbons (Fsp3) is 0.182. The second-order valence-corrected chi connectivity index (χ2v) is 3.66. The van der Waals surface area contributed by atoms with Crippen LogP contribution in [0.5, 0.6) is 5.75 Å². The maximum atomic E-state index is 5.83. The van der Waals surface area contributed by atoms with Crippen molar-refractivity contribution in [2.24, 2.45) is 7.05 Å². The third-order valence-corrected chi connectivity index (χ3v) is 2.19. The van der Waals surface area contributed by atoms with E-state index in [1.807, 2.05) is 37.5 Å². The van der Waals surface area contributed by atoms with Gasteiger partial charge in [-0.1, -0.05) is 17.7 Å². The molecule has 0 amide bonds. The molecule has 0 radical (unpaired) electrons. The van der Waals surface area contributed by atoms with Gasteiger partial charge in [0.15, 0.2) is 0 Å². The Hall–Kier alpha value is -1.48. The van der Waals surface area contributed by atoms with Gasteiger partial charge in [0.1, 0.15) is 12.4 Å². The van der Waals surface area contributed by atoms with E-state index in [4.69, 9.17) is 16.3 Å². The first kappa shape index (κ1) is 10.1. The third kappa shape index (κ3) is 2.73. The highest BCUT2D eigenvalue weighted by atomic mass is 35.5. The second kappa shape index (κ2) is 4.36. The summed E-state index contributed by atoms with van der Waals surface area (Å²) in [7, 11) is 1.88. The number of aromatic nitrogens is 2.